The number of nitrogens with zero attached hydrogens (tertiary/aromatic N) is 4. The third kappa shape index (κ3) is 3.58. The largest absolute Gasteiger partial charge is 0.342 e. The number of rotatable bonds is 3. The summed E-state index contributed by atoms with van der Waals surface area (Å²) in [5, 5.41) is 7.10. The zero-order valence-electron chi connectivity index (χ0n) is 13.9. The molecule has 2 heterocycles. The minimum absolute atomic E-state index is 0.0730. The summed E-state index contributed by atoms with van der Waals surface area (Å²) in [7, 11) is 1.72. The number of hydrogen-bond donors (Lipinski definition) is 1. The van der Waals surface area contributed by atoms with Gasteiger partial charge in [-0.3, -0.25) is 4.79 Å². The molecular formula is C16H18ClN5O3. The number of carbonyl (C=O) groups excluding carboxylic acids is 2. The minimum atomic E-state index is -0.500. The van der Waals surface area contributed by atoms with Crippen molar-refractivity contribution in [1.29, 1.82) is 0 Å². The monoisotopic (exact) mass is 363 g/mol. The van der Waals surface area contributed by atoms with E-state index in [2.05, 4.69) is 15.5 Å². The Hall–Kier alpha value is -2.61. The summed E-state index contributed by atoms with van der Waals surface area (Å²) in [5.74, 6) is 0.537. The molecule has 0 radical (unpaired) electrons. The molecule has 1 aromatic carbocycles. The molecule has 0 spiro atoms. The zero-order chi connectivity index (χ0) is 18.0. The van der Waals surface area contributed by atoms with E-state index in [4.69, 9.17) is 16.1 Å². The van der Waals surface area contributed by atoms with Crippen LogP contribution < -0.4 is 5.32 Å². The molecule has 3 rings (SSSR count). The van der Waals surface area contributed by atoms with Crippen molar-refractivity contribution in [2.24, 2.45) is 0 Å². The number of carbonyl (C=O) groups is 2. The van der Waals surface area contributed by atoms with E-state index in [0.29, 0.717) is 29.5 Å². The highest BCUT2D eigenvalue weighted by atomic mass is 35.5. The molecule has 2 aromatic rings. The van der Waals surface area contributed by atoms with Gasteiger partial charge in [-0.25, -0.2) is 4.79 Å². The molecule has 1 aliphatic rings. The molecular weight excluding hydrogens is 346 g/mol. The third-order valence-corrected chi connectivity index (χ3v) is 4.44. The first kappa shape index (κ1) is 17.2. The molecule has 1 N–H and O–H groups in total. The number of piperazine rings is 1. The van der Waals surface area contributed by atoms with E-state index in [1.807, 2.05) is 12.1 Å². The molecule has 1 atom stereocenters. The lowest BCUT2D eigenvalue weighted by atomic mass is 10.2. The van der Waals surface area contributed by atoms with Gasteiger partial charge in [0.05, 0.1) is 11.6 Å². The molecule has 9 heteroatoms. The van der Waals surface area contributed by atoms with Gasteiger partial charge >= 0.3 is 6.03 Å². The van der Waals surface area contributed by atoms with Gasteiger partial charge in [0.2, 0.25) is 17.6 Å². The van der Waals surface area contributed by atoms with Gasteiger partial charge in [-0.15, -0.1) is 0 Å². The van der Waals surface area contributed by atoms with E-state index in [0.717, 1.165) is 0 Å². The number of aromatic nitrogens is 2. The first-order chi connectivity index (χ1) is 12.0. The van der Waals surface area contributed by atoms with Crippen LogP contribution in [0.25, 0.3) is 11.4 Å². The number of likely N-dealkylation sites (N-methyl/N-ethyl adjacent to an activating group) is 1. The fraction of sp³-hybridized carbons (Fsp3) is 0.375. The van der Waals surface area contributed by atoms with E-state index >= 15 is 0 Å². The van der Waals surface area contributed by atoms with Gasteiger partial charge < -0.3 is 19.6 Å². The molecule has 25 heavy (non-hydrogen) atoms. The highest BCUT2D eigenvalue weighted by molar-refractivity contribution is 6.33. The average Bonchev–Trinajstić information content (AvgIpc) is 3.07. The zero-order valence-corrected chi connectivity index (χ0v) is 14.7. The Kier molecular flexibility index (Phi) is 4.89. The highest BCUT2D eigenvalue weighted by Crippen LogP contribution is 2.24. The lowest BCUT2D eigenvalue weighted by Gasteiger charge is -2.37. The number of nitrogens with one attached hydrogen (secondary N) is 1. The second-order valence-electron chi connectivity index (χ2n) is 5.78. The molecule has 1 saturated heterocycles. The number of benzene rings is 1. The predicted octanol–water partition coefficient (Wildman–Crippen LogP) is 1.76. The lowest BCUT2D eigenvalue weighted by molar-refractivity contribution is -0.137. The maximum atomic E-state index is 12.3. The Bertz CT molecular complexity index is 794. The summed E-state index contributed by atoms with van der Waals surface area (Å²) in [6.07, 6.45) is 0. The van der Waals surface area contributed by atoms with Gasteiger partial charge in [-0.05, 0) is 19.1 Å². The Balaban J connectivity index is 1.62. The summed E-state index contributed by atoms with van der Waals surface area (Å²) in [5.41, 5.74) is 0.656. The molecule has 1 fully saturated rings. The SMILES string of the molecule is CC1C(=O)N(C)CCN1C(=O)NCc1nc(-c2ccccc2Cl)no1. The number of amides is 3. The Morgan fingerprint density at radius 1 is 1.40 bits per heavy atom. The first-order valence-electron chi connectivity index (χ1n) is 7.84. The van der Waals surface area contributed by atoms with Crippen molar-refractivity contribution in [2.45, 2.75) is 19.5 Å². The van der Waals surface area contributed by atoms with E-state index < -0.39 is 6.04 Å². The lowest BCUT2D eigenvalue weighted by Crippen LogP contribution is -2.58. The maximum absolute atomic E-state index is 12.3. The van der Waals surface area contributed by atoms with Crippen molar-refractivity contribution < 1.29 is 14.1 Å². The third-order valence-electron chi connectivity index (χ3n) is 4.11. The predicted molar refractivity (Wildman–Crippen MR) is 90.8 cm³/mol. The number of halogens is 1. The van der Waals surface area contributed by atoms with Gasteiger partial charge in [0.15, 0.2) is 0 Å². The van der Waals surface area contributed by atoms with Crippen LogP contribution in [0.1, 0.15) is 12.8 Å². The van der Waals surface area contributed by atoms with Crippen molar-refractivity contribution >= 4 is 23.5 Å². The molecule has 0 saturated carbocycles. The van der Waals surface area contributed by atoms with Crippen LogP contribution in [0.5, 0.6) is 0 Å². The fourth-order valence-corrected chi connectivity index (χ4v) is 2.84. The molecule has 1 aromatic heterocycles. The molecule has 3 amide bonds. The summed E-state index contributed by atoms with van der Waals surface area (Å²) < 4.78 is 5.15. The van der Waals surface area contributed by atoms with Gasteiger partial charge in [0.1, 0.15) is 6.04 Å². The van der Waals surface area contributed by atoms with Crippen molar-refractivity contribution in [3.05, 3.63) is 35.2 Å². The molecule has 8 nitrogen and oxygen atoms in total. The van der Waals surface area contributed by atoms with E-state index in [1.54, 1.807) is 31.0 Å². The van der Waals surface area contributed by atoms with Crippen LogP contribution in [0.4, 0.5) is 4.79 Å². The highest BCUT2D eigenvalue weighted by Gasteiger charge is 2.32. The van der Waals surface area contributed by atoms with Crippen molar-refractivity contribution in [3.63, 3.8) is 0 Å². The van der Waals surface area contributed by atoms with Crippen LogP contribution in [-0.2, 0) is 11.3 Å². The number of urea groups is 1. The molecule has 0 aliphatic carbocycles. The summed E-state index contributed by atoms with van der Waals surface area (Å²) in [4.78, 5) is 31.6. The van der Waals surface area contributed by atoms with Gasteiger partial charge in [0.25, 0.3) is 0 Å². The maximum Gasteiger partial charge on any atom is 0.318 e. The van der Waals surface area contributed by atoms with Crippen molar-refractivity contribution in [1.82, 2.24) is 25.3 Å². The standard InChI is InChI=1S/C16H18ClN5O3/c1-10-15(23)21(2)7-8-22(10)16(24)18-9-13-19-14(20-25-13)11-5-3-4-6-12(11)17/h3-6,10H,7-9H2,1-2H3,(H,18,24). The van der Waals surface area contributed by atoms with Crippen molar-refractivity contribution in [3.8, 4) is 11.4 Å². The number of hydrogen-bond acceptors (Lipinski definition) is 5. The average molecular weight is 364 g/mol. The summed E-state index contributed by atoms with van der Waals surface area (Å²) >= 11 is 6.10. The molecule has 132 valence electrons. The van der Waals surface area contributed by atoms with Crippen LogP contribution in [0.3, 0.4) is 0 Å². The topological polar surface area (TPSA) is 91.6 Å². The fourth-order valence-electron chi connectivity index (χ4n) is 2.62. The smallest absolute Gasteiger partial charge is 0.318 e. The first-order valence-corrected chi connectivity index (χ1v) is 8.22. The Labute approximate surface area is 149 Å². The van der Waals surface area contributed by atoms with Crippen molar-refractivity contribution in [2.75, 3.05) is 20.1 Å². The summed E-state index contributed by atoms with van der Waals surface area (Å²) in [6, 6.07) is 6.32. The molecule has 1 aliphatic heterocycles. The second-order valence-corrected chi connectivity index (χ2v) is 6.19. The Morgan fingerprint density at radius 3 is 2.92 bits per heavy atom. The normalized spacial score (nSPS) is 17.7. The van der Waals surface area contributed by atoms with E-state index in [9.17, 15) is 9.59 Å². The van der Waals surface area contributed by atoms with Gasteiger partial charge in [-0.2, -0.15) is 4.98 Å². The van der Waals surface area contributed by atoms with E-state index in [1.165, 1.54) is 4.90 Å². The van der Waals surface area contributed by atoms with Crippen LogP contribution in [0.2, 0.25) is 5.02 Å². The molecule has 0 bridgehead atoms. The van der Waals surface area contributed by atoms with Crippen LogP contribution in [0.15, 0.2) is 28.8 Å². The van der Waals surface area contributed by atoms with Crippen LogP contribution in [-0.4, -0.2) is 58.1 Å². The summed E-state index contributed by atoms with van der Waals surface area (Å²) in [6.45, 7) is 2.76. The Morgan fingerprint density at radius 2 is 2.16 bits per heavy atom. The van der Waals surface area contributed by atoms with E-state index in [-0.39, 0.29) is 24.4 Å². The quantitative estimate of drug-likeness (QED) is 0.897. The van der Waals surface area contributed by atoms with Gasteiger partial charge in [0, 0.05) is 25.7 Å². The molecule has 1 unspecified atom stereocenters. The second kappa shape index (κ2) is 7.10. The van der Waals surface area contributed by atoms with Gasteiger partial charge in [-0.1, -0.05) is 28.9 Å². The minimum Gasteiger partial charge on any atom is -0.342 e. The van der Waals surface area contributed by atoms with Crippen LogP contribution in [0, 0.1) is 0 Å². The van der Waals surface area contributed by atoms with Crippen LogP contribution >= 0.6 is 11.6 Å².